The van der Waals surface area contributed by atoms with E-state index in [0.717, 1.165) is 0 Å². The van der Waals surface area contributed by atoms with Crippen LogP contribution in [0.25, 0.3) is 0 Å². The maximum atomic E-state index is 13.3. The first kappa shape index (κ1) is 14.2. The highest BCUT2D eigenvalue weighted by Gasteiger charge is 2.43. The minimum absolute atomic E-state index is 0.481. The third-order valence-electron chi connectivity index (χ3n) is 2.05. The lowest BCUT2D eigenvalue weighted by atomic mass is 9.88. The molecule has 0 amide bonds. The Morgan fingerprint density at radius 1 is 1.33 bits per heavy atom. The fourth-order valence-corrected chi connectivity index (χ4v) is 0.592. The Morgan fingerprint density at radius 2 is 1.87 bits per heavy atom. The molecule has 1 nitrogen and oxygen atoms in total. The molecular formula is C11H17BF2O. The summed E-state index contributed by atoms with van der Waals surface area (Å²) in [6, 6.07) is 0. The third kappa shape index (κ3) is 5.00. The molecule has 0 bridgehead atoms. The van der Waals surface area contributed by atoms with E-state index in [-0.39, 0.29) is 0 Å². The lowest BCUT2D eigenvalue weighted by Crippen LogP contribution is -2.37. The van der Waals surface area contributed by atoms with Gasteiger partial charge in [0.1, 0.15) is 7.85 Å². The van der Waals surface area contributed by atoms with Crippen LogP contribution in [-0.4, -0.2) is 20.4 Å². The van der Waals surface area contributed by atoms with E-state index >= 15 is 0 Å². The Hall–Kier alpha value is -0.795. The van der Waals surface area contributed by atoms with Crippen LogP contribution in [0.4, 0.5) is 8.78 Å². The molecule has 4 heteroatoms. The minimum atomic E-state index is -2.86. The molecule has 0 aliphatic rings. The molecule has 0 rings (SSSR count). The normalized spacial score (nSPS) is 14.7. The minimum Gasteiger partial charge on any atom is -0.495 e. The summed E-state index contributed by atoms with van der Waals surface area (Å²) < 4.78 is 31.4. The summed E-state index contributed by atoms with van der Waals surface area (Å²) in [5.41, 5.74) is -0.624. The Bertz CT molecular complexity index is 252. The monoisotopic (exact) mass is 214 g/mol. The average Bonchev–Trinajstić information content (AvgIpc) is 2.10. The zero-order valence-corrected chi connectivity index (χ0v) is 9.68. The molecule has 2 radical (unpaired) electrons. The van der Waals surface area contributed by atoms with E-state index in [0.29, 0.717) is 5.47 Å². The van der Waals surface area contributed by atoms with Crippen molar-refractivity contribution in [2.75, 3.05) is 6.61 Å². The van der Waals surface area contributed by atoms with Crippen LogP contribution in [0, 0.1) is 5.41 Å². The van der Waals surface area contributed by atoms with Gasteiger partial charge >= 0.3 is 0 Å². The summed E-state index contributed by atoms with van der Waals surface area (Å²) in [6.07, 6.45) is 4.29. The van der Waals surface area contributed by atoms with Crippen molar-refractivity contribution in [1.82, 2.24) is 0 Å². The van der Waals surface area contributed by atoms with Crippen LogP contribution in [0.1, 0.15) is 27.7 Å². The van der Waals surface area contributed by atoms with Crippen LogP contribution in [0.15, 0.2) is 23.9 Å². The summed E-state index contributed by atoms with van der Waals surface area (Å²) in [5, 5.41) is 0. The number of hydrogen-bond acceptors (Lipinski definition) is 1. The van der Waals surface area contributed by atoms with Gasteiger partial charge in [0, 0.05) is 5.41 Å². The predicted octanol–water partition coefficient (Wildman–Crippen LogP) is 3.27. The summed E-state index contributed by atoms with van der Waals surface area (Å²) in [5.74, 6) is -2.86. The quantitative estimate of drug-likeness (QED) is 0.396. The first-order chi connectivity index (χ1) is 6.70. The number of halogens is 2. The number of hydrogen-bond donors (Lipinski definition) is 0. The summed E-state index contributed by atoms with van der Waals surface area (Å²) >= 11 is 0. The second kappa shape index (κ2) is 5.33. The highest BCUT2D eigenvalue weighted by Crippen LogP contribution is 2.35. The Morgan fingerprint density at radius 3 is 2.27 bits per heavy atom. The van der Waals surface area contributed by atoms with Crippen LogP contribution in [-0.2, 0) is 4.74 Å². The van der Waals surface area contributed by atoms with E-state index < -0.39 is 17.9 Å². The topological polar surface area (TPSA) is 9.23 Å². The van der Waals surface area contributed by atoms with E-state index in [1.807, 2.05) is 0 Å². The van der Waals surface area contributed by atoms with Crippen LogP contribution in [0.5, 0.6) is 0 Å². The fourth-order valence-electron chi connectivity index (χ4n) is 0.592. The van der Waals surface area contributed by atoms with Gasteiger partial charge in [0.15, 0.2) is 6.61 Å². The predicted molar refractivity (Wildman–Crippen MR) is 59.0 cm³/mol. The summed E-state index contributed by atoms with van der Waals surface area (Å²) in [4.78, 5) is 0. The molecular weight excluding hydrogens is 197 g/mol. The number of ether oxygens (including phenoxy) is 1. The van der Waals surface area contributed by atoms with Crippen molar-refractivity contribution in [2.45, 2.75) is 33.6 Å². The van der Waals surface area contributed by atoms with Crippen LogP contribution in [0.2, 0.25) is 0 Å². The van der Waals surface area contributed by atoms with Gasteiger partial charge in [-0.1, -0.05) is 32.3 Å². The molecule has 0 N–H and O–H groups in total. The van der Waals surface area contributed by atoms with Gasteiger partial charge in [0.05, 0.1) is 6.26 Å². The molecule has 0 spiro atoms. The maximum Gasteiger partial charge on any atom is 0.286 e. The molecule has 0 unspecified atom stereocenters. The smallest absolute Gasteiger partial charge is 0.286 e. The van der Waals surface area contributed by atoms with Gasteiger partial charge in [-0.25, -0.2) is 8.78 Å². The number of rotatable bonds is 4. The summed E-state index contributed by atoms with van der Waals surface area (Å²) in [7, 11) is 5.42. The Balaban J connectivity index is 4.13. The van der Waals surface area contributed by atoms with Crippen LogP contribution in [0.3, 0.4) is 0 Å². The second-order valence-electron chi connectivity index (χ2n) is 4.36. The second-order valence-corrected chi connectivity index (χ2v) is 4.36. The zero-order valence-electron chi connectivity index (χ0n) is 9.68. The first-order valence-corrected chi connectivity index (χ1v) is 4.78. The van der Waals surface area contributed by atoms with Gasteiger partial charge in [-0.05, 0) is 13.0 Å². The van der Waals surface area contributed by atoms with E-state index in [1.165, 1.54) is 33.1 Å². The van der Waals surface area contributed by atoms with Crippen molar-refractivity contribution in [3.05, 3.63) is 23.9 Å². The van der Waals surface area contributed by atoms with Crippen molar-refractivity contribution in [1.29, 1.82) is 0 Å². The van der Waals surface area contributed by atoms with E-state index in [2.05, 4.69) is 0 Å². The fraction of sp³-hybridized carbons (Fsp3) is 0.636. The number of allylic oxidation sites excluding steroid dienone is 3. The van der Waals surface area contributed by atoms with E-state index in [4.69, 9.17) is 12.6 Å². The lowest BCUT2D eigenvalue weighted by molar-refractivity contribution is -0.132. The first-order valence-electron chi connectivity index (χ1n) is 4.78. The zero-order chi connectivity index (χ0) is 12.1. The van der Waals surface area contributed by atoms with Gasteiger partial charge in [0.2, 0.25) is 0 Å². The molecule has 0 aromatic heterocycles. The van der Waals surface area contributed by atoms with Gasteiger partial charge in [-0.2, -0.15) is 0 Å². The number of alkyl halides is 2. The van der Waals surface area contributed by atoms with Crippen molar-refractivity contribution in [3.63, 3.8) is 0 Å². The van der Waals surface area contributed by atoms with E-state index in [9.17, 15) is 8.78 Å². The van der Waals surface area contributed by atoms with Crippen molar-refractivity contribution >= 4 is 7.85 Å². The average molecular weight is 214 g/mol. The Labute approximate surface area is 91.6 Å². The third-order valence-corrected chi connectivity index (χ3v) is 2.05. The van der Waals surface area contributed by atoms with Crippen LogP contribution >= 0.6 is 0 Å². The molecule has 0 saturated carbocycles. The van der Waals surface area contributed by atoms with Crippen molar-refractivity contribution in [3.8, 4) is 0 Å². The molecule has 0 aromatic rings. The molecule has 0 aromatic carbocycles. The Kier molecular flexibility index (Phi) is 5.05. The standard InChI is InChI=1S/C11H17BF2O/c1-5-9(12)6-7-15-8-11(13,14)10(2,3)4/h5-7H,8H2,1-4H3/b7-6+,9-5+. The molecule has 0 heterocycles. The largest absolute Gasteiger partial charge is 0.495 e. The van der Waals surface area contributed by atoms with Crippen molar-refractivity contribution < 1.29 is 13.5 Å². The van der Waals surface area contributed by atoms with Gasteiger partial charge in [0.25, 0.3) is 5.92 Å². The highest BCUT2D eigenvalue weighted by atomic mass is 19.3. The molecule has 84 valence electrons. The molecule has 0 aliphatic heterocycles. The highest BCUT2D eigenvalue weighted by molar-refractivity contribution is 6.23. The molecule has 0 aliphatic carbocycles. The summed E-state index contributed by atoms with van der Waals surface area (Å²) in [6.45, 7) is 5.54. The van der Waals surface area contributed by atoms with Gasteiger partial charge in [-0.3, -0.25) is 0 Å². The van der Waals surface area contributed by atoms with Crippen molar-refractivity contribution in [2.24, 2.45) is 5.41 Å². The van der Waals surface area contributed by atoms with Gasteiger partial charge in [-0.15, -0.1) is 0 Å². The van der Waals surface area contributed by atoms with E-state index in [1.54, 1.807) is 13.0 Å². The molecule has 0 saturated heterocycles. The molecule has 0 atom stereocenters. The van der Waals surface area contributed by atoms with Crippen LogP contribution < -0.4 is 0 Å². The lowest BCUT2D eigenvalue weighted by Gasteiger charge is -2.29. The maximum absolute atomic E-state index is 13.3. The SMILES string of the molecule is [B]C(=C/C)/C=C/OCC(F)(F)C(C)(C)C. The molecule has 15 heavy (non-hydrogen) atoms. The molecule has 0 fully saturated rings. The van der Waals surface area contributed by atoms with Gasteiger partial charge < -0.3 is 4.74 Å².